The molecule has 2 aromatic rings. The number of carbonyl (C=O) groups excluding carboxylic acids is 2. The van der Waals surface area contributed by atoms with Gasteiger partial charge in [-0.2, -0.15) is 0 Å². The summed E-state index contributed by atoms with van der Waals surface area (Å²) >= 11 is 0. The predicted octanol–water partition coefficient (Wildman–Crippen LogP) is 3.23. The number of nitrogens with one attached hydrogen (secondary N) is 1. The molecule has 0 saturated carbocycles. The number of amides is 1. The van der Waals surface area contributed by atoms with Crippen LogP contribution in [0.15, 0.2) is 42.5 Å². The standard InChI is InChI=1S/C23H29NO7/c1-4-27-18-8-10-19(11-9-18)30-13-14-31-22(25)16-24-23(26)17-7-12-20(28-5-2)21(15-17)29-6-3/h7-12,15H,4-6,13-14,16H2,1-3H3,(H,24,26). The van der Waals surface area contributed by atoms with Crippen LogP contribution in [0.1, 0.15) is 31.1 Å². The van der Waals surface area contributed by atoms with Crippen LogP contribution in [0.2, 0.25) is 0 Å². The lowest BCUT2D eigenvalue weighted by Gasteiger charge is -2.12. The van der Waals surface area contributed by atoms with Crippen molar-refractivity contribution in [2.75, 3.05) is 39.6 Å². The molecule has 8 nitrogen and oxygen atoms in total. The fraction of sp³-hybridized carbons (Fsp3) is 0.391. The van der Waals surface area contributed by atoms with E-state index < -0.39 is 11.9 Å². The Morgan fingerprint density at radius 3 is 2.00 bits per heavy atom. The highest BCUT2D eigenvalue weighted by molar-refractivity contribution is 5.96. The quantitative estimate of drug-likeness (QED) is 0.384. The summed E-state index contributed by atoms with van der Waals surface area (Å²) in [5, 5.41) is 2.53. The lowest BCUT2D eigenvalue weighted by molar-refractivity contribution is -0.143. The summed E-state index contributed by atoms with van der Waals surface area (Å²) in [6.07, 6.45) is 0. The van der Waals surface area contributed by atoms with Gasteiger partial charge in [-0.15, -0.1) is 0 Å². The molecular weight excluding hydrogens is 402 g/mol. The minimum absolute atomic E-state index is 0.0689. The maximum absolute atomic E-state index is 12.3. The van der Waals surface area contributed by atoms with Gasteiger partial charge in [0.25, 0.3) is 5.91 Å². The number of benzene rings is 2. The maximum atomic E-state index is 12.3. The van der Waals surface area contributed by atoms with Crippen LogP contribution in [-0.2, 0) is 9.53 Å². The van der Waals surface area contributed by atoms with Crippen LogP contribution in [0.25, 0.3) is 0 Å². The molecule has 0 aliphatic rings. The van der Waals surface area contributed by atoms with Crippen molar-refractivity contribution in [1.29, 1.82) is 0 Å². The van der Waals surface area contributed by atoms with E-state index in [0.717, 1.165) is 5.75 Å². The van der Waals surface area contributed by atoms with Crippen LogP contribution in [-0.4, -0.2) is 51.5 Å². The first-order valence-corrected chi connectivity index (χ1v) is 10.3. The lowest BCUT2D eigenvalue weighted by atomic mass is 10.2. The molecule has 0 bridgehead atoms. The molecule has 8 heteroatoms. The Kier molecular flexibility index (Phi) is 10.0. The van der Waals surface area contributed by atoms with E-state index >= 15 is 0 Å². The molecule has 2 aromatic carbocycles. The fourth-order valence-corrected chi connectivity index (χ4v) is 2.61. The molecule has 168 valence electrons. The minimum Gasteiger partial charge on any atom is -0.494 e. The minimum atomic E-state index is -0.556. The number of carbonyl (C=O) groups is 2. The maximum Gasteiger partial charge on any atom is 0.325 e. The summed E-state index contributed by atoms with van der Waals surface area (Å²) < 4.78 is 26.9. The first-order chi connectivity index (χ1) is 15.1. The molecular formula is C23H29NO7. The monoisotopic (exact) mass is 431 g/mol. The molecule has 2 rings (SSSR count). The third-order valence-electron chi connectivity index (χ3n) is 3.95. The fourth-order valence-electron chi connectivity index (χ4n) is 2.61. The first kappa shape index (κ1) is 23.9. The van der Waals surface area contributed by atoms with E-state index in [1.807, 2.05) is 20.8 Å². The molecule has 0 heterocycles. The average molecular weight is 431 g/mol. The van der Waals surface area contributed by atoms with E-state index in [1.54, 1.807) is 42.5 Å². The molecule has 0 radical (unpaired) electrons. The number of hydrogen-bond acceptors (Lipinski definition) is 7. The van der Waals surface area contributed by atoms with E-state index in [0.29, 0.717) is 42.6 Å². The Morgan fingerprint density at radius 2 is 1.35 bits per heavy atom. The van der Waals surface area contributed by atoms with Gasteiger partial charge in [0.1, 0.15) is 31.3 Å². The molecule has 0 atom stereocenters. The topological polar surface area (TPSA) is 92.3 Å². The second kappa shape index (κ2) is 13.0. The van der Waals surface area contributed by atoms with Crippen molar-refractivity contribution in [3.63, 3.8) is 0 Å². The number of ether oxygens (including phenoxy) is 5. The number of hydrogen-bond donors (Lipinski definition) is 1. The van der Waals surface area contributed by atoms with Gasteiger partial charge in [0, 0.05) is 5.56 Å². The van der Waals surface area contributed by atoms with Crippen molar-refractivity contribution >= 4 is 11.9 Å². The molecule has 0 spiro atoms. The largest absolute Gasteiger partial charge is 0.494 e. The summed E-state index contributed by atoms with van der Waals surface area (Å²) in [5.41, 5.74) is 0.360. The number of rotatable bonds is 13. The van der Waals surface area contributed by atoms with E-state index in [1.165, 1.54) is 0 Å². The molecule has 1 amide bonds. The van der Waals surface area contributed by atoms with Crippen molar-refractivity contribution in [2.45, 2.75) is 20.8 Å². The molecule has 31 heavy (non-hydrogen) atoms. The summed E-state index contributed by atoms with van der Waals surface area (Å²) in [6.45, 7) is 7.17. The summed E-state index contributed by atoms with van der Waals surface area (Å²) in [6, 6.07) is 12.0. The van der Waals surface area contributed by atoms with Gasteiger partial charge in [0.15, 0.2) is 11.5 Å². The molecule has 1 N–H and O–H groups in total. The zero-order chi connectivity index (χ0) is 22.5. The summed E-state index contributed by atoms with van der Waals surface area (Å²) in [4.78, 5) is 24.2. The third-order valence-corrected chi connectivity index (χ3v) is 3.95. The normalized spacial score (nSPS) is 10.2. The zero-order valence-corrected chi connectivity index (χ0v) is 18.1. The number of esters is 1. The summed E-state index contributed by atoms with van der Waals surface area (Å²) in [7, 11) is 0. The molecule has 0 fully saturated rings. The van der Waals surface area contributed by atoms with Crippen molar-refractivity contribution in [3.8, 4) is 23.0 Å². The van der Waals surface area contributed by atoms with Gasteiger partial charge in [-0.3, -0.25) is 9.59 Å². The zero-order valence-electron chi connectivity index (χ0n) is 18.1. The smallest absolute Gasteiger partial charge is 0.325 e. The van der Waals surface area contributed by atoms with Crippen LogP contribution < -0.4 is 24.3 Å². The van der Waals surface area contributed by atoms with E-state index in [9.17, 15) is 9.59 Å². The van der Waals surface area contributed by atoms with Crippen LogP contribution in [0.4, 0.5) is 0 Å². The molecule has 0 unspecified atom stereocenters. The SMILES string of the molecule is CCOc1ccc(OCCOC(=O)CNC(=O)c2ccc(OCC)c(OCC)c2)cc1. The van der Waals surface area contributed by atoms with Gasteiger partial charge < -0.3 is 29.0 Å². The van der Waals surface area contributed by atoms with Crippen LogP contribution in [0.5, 0.6) is 23.0 Å². The van der Waals surface area contributed by atoms with Gasteiger partial charge in [0.2, 0.25) is 0 Å². The highest BCUT2D eigenvalue weighted by atomic mass is 16.6. The van der Waals surface area contributed by atoms with E-state index in [-0.39, 0.29) is 19.8 Å². The Bertz CT molecular complexity index is 836. The van der Waals surface area contributed by atoms with Gasteiger partial charge in [-0.1, -0.05) is 0 Å². The Morgan fingerprint density at radius 1 is 0.742 bits per heavy atom. The Balaban J connectivity index is 1.73. The Labute approximate surface area is 182 Å². The average Bonchev–Trinajstić information content (AvgIpc) is 2.78. The van der Waals surface area contributed by atoms with Gasteiger partial charge >= 0.3 is 5.97 Å². The summed E-state index contributed by atoms with van der Waals surface area (Å²) in [5.74, 6) is 1.48. The first-order valence-electron chi connectivity index (χ1n) is 10.3. The second-order valence-corrected chi connectivity index (χ2v) is 6.18. The van der Waals surface area contributed by atoms with Crippen LogP contribution in [0.3, 0.4) is 0 Å². The highest BCUT2D eigenvalue weighted by Crippen LogP contribution is 2.28. The predicted molar refractivity (Wildman–Crippen MR) is 115 cm³/mol. The molecule has 0 aromatic heterocycles. The van der Waals surface area contributed by atoms with Crippen LogP contribution in [0, 0.1) is 0 Å². The third kappa shape index (κ3) is 8.08. The van der Waals surface area contributed by atoms with E-state index in [4.69, 9.17) is 23.7 Å². The lowest BCUT2D eigenvalue weighted by Crippen LogP contribution is -2.31. The van der Waals surface area contributed by atoms with Crippen molar-refractivity contribution in [2.24, 2.45) is 0 Å². The van der Waals surface area contributed by atoms with Crippen LogP contribution >= 0.6 is 0 Å². The van der Waals surface area contributed by atoms with E-state index in [2.05, 4.69) is 5.32 Å². The van der Waals surface area contributed by atoms with Crippen molar-refractivity contribution in [1.82, 2.24) is 5.32 Å². The second-order valence-electron chi connectivity index (χ2n) is 6.18. The molecule has 0 saturated heterocycles. The highest BCUT2D eigenvalue weighted by Gasteiger charge is 2.13. The molecule has 0 aliphatic heterocycles. The van der Waals surface area contributed by atoms with Gasteiger partial charge in [-0.05, 0) is 63.2 Å². The van der Waals surface area contributed by atoms with Gasteiger partial charge in [-0.25, -0.2) is 0 Å². The Hall–Kier alpha value is -3.42. The van der Waals surface area contributed by atoms with Crippen molar-refractivity contribution in [3.05, 3.63) is 48.0 Å². The molecule has 0 aliphatic carbocycles. The van der Waals surface area contributed by atoms with Crippen molar-refractivity contribution < 1.29 is 33.3 Å². The van der Waals surface area contributed by atoms with Gasteiger partial charge in [0.05, 0.1) is 19.8 Å².